The van der Waals surface area contributed by atoms with Crippen LogP contribution in [-0.2, 0) is 4.74 Å². The molecule has 0 spiro atoms. The van der Waals surface area contributed by atoms with Crippen LogP contribution in [0.15, 0.2) is 18.2 Å². The van der Waals surface area contributed by atoms with Gasteiger partial charge in [0.05, 0.1) is 12.2 Å². The number of anilines is 1. The molecule has 1 amide bonds. The van der Waals surface area contributed by atoms with Gasteiger partial charge in [0.2, 0.25) is 0 Å². The molecule has 0 radical (unpaired) electrons. The predicted octanol–water partition coefficient (Wildman–Crippen LogP) is 1.69. The summed E-state index contributed by atoms with van der Waals surface area (Å²) in [5, 5.41) is 3.28. The van der Waals surface area contributed by atoms with Gasteiger partial charge in [-0.15, -0.1) is 0 Å². The van der Waals surface area contributed by atoms with E-state index in [1.807, 2.05) is 6.92 Å². The highest BCUT2D eigenvalue weighted by atomic mass is 35.5. The van der Waals surface area contributed by atoms with E-state index in [9.17, 15) is 4.79 Å². The highest BCUT2D eigenvalue weighted by Gasteiger charge is 2.12. The molecule has 1 atom stereocenters. The van der Waals surface area contributed by atoms with Crippen LogP contribution in [0.4, 0.5) is 5.69 Å². The predicted molar refractivity (Wildman–Crippen MR) is 64.7 cm³/mol. The Morgan fingerprint density at radius 3 is 2.88 bits per heavy atom. The normalized spacial score (nSPS) is 12.2. The van der Waals surface area contributed by atoms with Crippen molar-refractivity contribution in [2.24, 2.45) is 0 Å². The lowest BCUT2D eigenvalue weighted by molar-refractivity contribution is 0.0906. The van der Waals surface area contributed by atoms with Crippen LogP contribution in [0, 0.1) is 0 Å². The lowest BCUT2D eigenvalue weighted by Crippen LogP contribution is -2.35. The van der Waals surface area contributed by atoms with Crippen LogP contribution in [0.1, 0.15) is 17.3 Å². The monoisotopic (exact) mass is 242 g/mol. The Labute approximate surface area is 99.7 Å². The molecule has 0 heterocycles. The molecule has 0 aliphatic carbocycles. The van der Waals surface area contributed by atoms with Gasteiger partial charge in [0.1, 0.15) is 0 Å². The quantitative estimate of drug-likeness (QED) is 0.790. The summed E-state index contributed by atoms with van der Waals surface area (Å²) >= 11 is 5.75. The molecule has 1 aromatic carbocycles. The highest BCUT2D eigenvalue weighted by molar-refractivity contribution is 6.31. The van der Waals surface area contributed by atoms with Gasteiger partial charge in [0, 0.05) is 23.9 Å². The lowest BCUT2D eigenvalue weighted by atomic mass is 10.1. The van der Waals surface area contributed by atoms with Gasteiger partial charge in [-0.3, -0.25) is 4.79 Å². The molecule has 3 N–H and O–H groups in total. The van der Waals surface area contributed by atoms with E-state index in [1.165, 1.54) is 0 Å². The van der Waals surface area contributed by atoms with E-state index < -0.39 is 0 Å². The summed E-state index contributed by atoms with van der Waals surface area (Å²) in [7, 11) is 1.58. The Bertz CT molecular complexity index is 382. The summed E-state index contributed by atoms with van der Waals surface area (Å²) in [5.41, 5.74) is 6.49. The number of nitrogens with two attached hydrogens (primary N) is 1. The van der Waals surface area contributed by atoms with Crippen LogP contribution in [0.2, 0.25) is 5.02 Å². The second-order valence-electron chi connectivity index (χ2n) is 3.56. The molecule has 1 aromatic rings. The second kappa shape index (κ2) is 5.72. The Morgan fingerprint density at radius 2 is 2.31 bits per heavy atom. The van der Waals surface area contributed by atoms with Gasteiger partial charge in [-0.1, -0.05) is 11.6 Å². The fraction of sp³-hybridized carbons (Fsp3) is 0.364. The number of nitrogen functional groups attached to an aromatic ring is 1. The maximum Gasteiger partial charge on any atom is 0.253 e. The third-order valence-electron chi connectivity index (χ3n) is 2.05. The van der Waals surface area contributed by atoms with Gasteiger partial charge in [0.15, 0.2) is 0 Å². The van der Waals surface area contributed by atoms with Crippen molar-refractivity contribution in [3.8, 4) is 0 Å². The van der Waals surface area contributed by atoms with E-state index in [2.05, 4.69) is 5.32 Å². The number of amides is 1. The van der Waals surface area contributed by atoms with Crippen molar-refractivity contribution < 1.29 is 9.53 Å². The fourth-order valence-corrected chi connectivity index (χ4v) is 1.51. The minimum Gasteiger partial charge on any atom is -0.398 e. The smallest absolute Gasteiger partial charge is 0.253 e. The third-order valence-corrected chi connectivity index (χ3v) is 2.29. The SMILES string of the molecule is COCC(C)NC(=O)c1ccc(Cl)cc1N. The van der Waals surface area contributed by atoms with Crippen LogP contribution < -0.4 is 11.1 Å². The van der Waals surface area contributed by atoms with Crippen molar-refractivity contribution >= 4 is 23.2 Å². The molecule has 0 aliphatic heterocycles. The van der Waals surface area contributed by atoms with Gasteiger partial charge in [0.25, 0.3) is 5.91 Å². The topological polar surface area (TPSA) is 64.3 Å². The van der Waals surface area contributed by atoms with Crippen LogP contribution >= 0.6 is 11.6 Å². The van der Waals surface area contributed by atoms with Crippen LogP contribution in [0.3, 0.4) is 0 Å². The first-order valence-corrected chi connectivity index (χ1v) is 5.27. The van der Waals surface area contributed by atoms with Crippen molar-refractivity contribution in [3.63, 3.8) is 0 Å². The fourth-order valence-electron chi connectivity index (χ4n) is 1.33. The zero-order valence-electron chi connectivity index (χ0n) is 9.29. The van der Waals surface area contributed by atoms with Gasteiger partial charge >= 0.3 is 0 Å². The molecule has 1 unspecified atom stereocenters. The molecule has 16 heavy (non-hydrogen) atoms. The molecular weight excluding hydrogens is 228 g/mol. The number of rotatable bonds is 4. The molecule has 0 bridgehead atoms. The van der Waals surface area contributed by atoms with Gasteiger partial charge in [-0.25, -0.2) is 0 Å². The van der Waals surface area contributed by atoms with Crippen molar-refractivity contribution in [2.75, 3.05) is 19.5 Å². The summed E-state index contributed by atoms with van der Waals surface area (Å²) in [5.74, 6) is -0.223. The van der Waals surface area contributed by atoms with E-state index >= 15 is 0 Å². The molecule has 0 fully saturated rings. The van der Waals surface area contributed by atoms with Crippen molar-refractivity contribution in [1.82, 2.24) is 5.32 Å². The first-order chi connectivity index (χ1) is 7.54. The van der Waals surface area contributed by atoms with E-state index in [-0.39, 0.29) is 11.9 Å². The molecule has 1 rings (SSSR count). The summed E-state index contributed by atoms with van der Waals surface area (Å²) in [6.45, 7) is 2.31. The number of hydrogen-bond donors (Lipinski definition) is 2. The maximum atomic E-state index is 11.8. The van der Waals surface area contributed by atoms with Gasteiger partial charge < -0.3 is 15.8 Å². The number of halogens is 1. The number of ether oxygens (including phenoxy) is 1. The number of carbonyl (C=O) groups excluding carboxylic acids is 1. The maximum absolute atomic E-state index is 11.8. The van der Waals surface area contributed by atoms with Gasteiger partial charge in [-0.2, -0.15) is 0 Å². The van der Waals surface area contributed by atoms with E-state index in [0.29, 0.717) is 22.9 Å². The van der Waals surface area contributed by atoms with Crippen molar-refractivity contribution in [3.05, 3.63) is 28.8 Å². The summed E-state index contributed by atoms with van der Waals surface area (Å²) < 4.78 is 4.92. The first-order valence-electron chi connectivity index (χ1n) is 4.89. The molecule has 0 aromatic heterocycles. The van der Waals surface area contributed by atoms with Crippen molar-refractivity contribution in [2.45, 2.75) is 13.0 Å². The number of methoxy groups -OCH3 is 1. The Morgan fingerprint density at radius 1 is 1.62 bits per heavy atom. The molecule has 4 nitrogen and oxygen atoms in total. The zero-order chi connectivity index (χ0) is 12.1. The number of benzene rings is 1. The number of hydrogen-bond acceptors (Lipinski definition) is 3. The number of nitrogens with one attached hydrogen (secondary N) is 1. The minimum atomic E-state index is -0.223. The van der Waals surface area contributed by atoms with E-state index in [1.54, 1.807) is 25.3 Å². The second-order valence-corrected chi connectivity index (χ2v) is 4.00. The van der Waals surface area contributed by atoms with E-state index in [4.69, 9.17) is 22.1 Å². The standard InChI is InChI=1S/C11H15ClN2O2/c1-7(6-16-2)14-11(15)9-4-3-8(12)5-10(9)13/h3-5,7H,6,13H2,1-2H3,(H,14,15). The molecule has 0 saturated heterocycles. The third kappa shape index (κ3) is 3.40. The van der Waals surface area contributed by atoms with Gasteiger partial charge in [-0.05, 0) is 25.1 Å². The molecule has 0 aliphatic rings. The number of carbonyl (C=O) groups is 1. The summed E-state index contributed by atoms with van der Waals surface area (Å²) in [6.07, 6.45) is 0. The lowest BCUT2D eigenvalue weighted by Gasteiger charge is -2.13. The molecule has 5 heteroatoms. The molecule has 0 saturated carbocycles. The summed E-state index contributed by atoms with van der Waals surface area (Å²) in [4.78, 5) is 11.8. The summed E-state index contributed by atoms with van der Waals surface area (Å²) in [6, 6.07) is 4.73. The first kappa shape index (κ1) is 12.8. The van der Waals surface area contributed by atoms with Crippen LogP contribution in [-0.4, -0.2) is 25.7 Å². The Balaban J connectivity index is 2.73. The highest BCUT2D eigenvalue weighted by Crippen LogP contribution is 2.17. The Hall–Kier alpha value is -1.26. The average Bonchev–Trinajstić information content (AvgIpc) is 2.17. The Kier molecular flexibility index (Phi) is 4.58. The molecule has 88 valence electrons. The average molecular weight is 243 g/mol. The van der Waals surface area contributed by atoms with Crippen LogP contribution in [0.25, 0.3) is 0 Å². The van der Waals surface area contributed by atoms with E-state index in [0.717, 1.165) is 0 Å². The zero-order valence-corrected chi connectivity index (χ0v) is 10.0. The van der Waals surface area contributed by atoms with Crippen molar-refractivity contribution in [1.29, 1.82) is 0 Å². The van der Waals surface area contributed by atoms with Crippen LogP contribution in [0.5, 0.6) is 0 Å². The minimum absolute atomic E-state index is 0.0624. The largest absolute Gasteiger partial charge is 0.398 e. The molecular formula is C11H15ClN2O2.